The van der Waals surface area contributed by atoms with E-state index >= 15 is 0 Å². The van der Waals surface area contributed by atoms with Crippen LogP contribution in [-0.2, 0) is 20.1 Å². The van der Waals surface area contributed by atoms with Gasteiger partial charge >= 0.3 is 0 Å². The maximum atomic E-state index is 4.81. The molecule has 7 heteroatoms. The number of aliphatic imine (C=N–C) groups is 1. The van der Waals surface area contributed by atoms with E-state index in [4.69, 9.17) is 4.99 Å². The highest BCUT2D eigenvalue weighted by molar-refractivity contribution is 14.0. The first-order valence-electron chi connectivity index (χ1n) is 9.87. The molecule has 1 aliphatic rings. The van der Waals surface area contributed by atoms with Crippen molar-refractivity contribution in [3.8, 4) is 0 Å². The quantitative estimate of drug-likeness (QED) is 0.374. The second kappa shape index (κ2) is 10.2. The molecule has 1 aromatic heterocycles. The lowest BCUT2D eigenvalue weighted by Crippen LogP contribution is -2.45. The van der Waals surface area contributed by atoms with Crippen LogP contribution in [0.4, 0.5) is 0 Å². The van der Waals surface area contributed by atoms with Crippen molar-refractivity contribution in [3.05, 3.63) is 47.5 Å². The molecule has 2 aromatic rings. The number of rotatable bonds is 5. The van der Waals surface area contributed by atoms with Gasteiger partial charge < -0.3 is 15.2 Å². The van der Waals surface area contributed by atoms with Crippen molar-refractivity contribution in [2.24, 2.45) is 17.5 Å². The van der Waals surface area contributed by atoms with Crippen LogP contribution in [0.25, 0.3) is 0 Å². The first-order chi connectivity index (χ1) is 12.9. The highest BCUT2D eigenvalue weighted by Crippen LogP contribution is 2.34. The Balaban J connectivity index is 0.00000280. The second-order valence-corrected chi connectivity index (χ2v) is 8.31. The number of hydrogen-bond donors (Lipinski definition) is 2. The van der Waals surface area contributed by atoms with Gasteiger partial charge in [-0.1, -0.05) is 44.2 Å². The minimum Gasteiger partial charge on any atom is -0.354 e. The Morgan fingerprint density at radius 1 is 1.18 bits per heavy atom. The zero-order valence-corrected chi connectivity index (χ0v) is 19.7. The fourth-order valence-corrected chi connectivity index (χ4v) is 3.41. The van der Waals surface area contributed by atoms with Crippen molar-refractivity contribution in [3.63, 3.8) is 0 Å². The van der Waals surface area contributed by atoms with Crippen LogP contribution in [0.5, 0.6) is 0 Å². The van der Waals surface area contributed by atoms with Gasteiger partial charge in [0.25, 0.3) is 0 Å². The summed E-state index contributed by atoms with van der Waals surface area (Å²) in [6.07, 6.45) is 4.86. The standard InChI is InChI=1S/C21H32N6.HI/c1-16-25-26-19(27(16)4)15-23-20(22-14-17-8-6-5-7-9-17)24-18-10-12-21(2,3)13-11-18;/h5-9,18H,10-15H2,1-4H3,(H2,22,23,24);1H. The van der Waals surface area contributed by atoms with Gasteiger partial charge in [-0.15, -0.1) is 34.2 Å². The van der Waals surface area contributed by atoms with Crippen LogP contribution in [0.1, 0.15) is 56.7 Å². The average Bonchev–Trinajstić information content (AvgIpc) is 2.98. The molecule has 0 spiro atoms. The zero-order chi connectivity index (χ0) is 19.3. The maximum absolute atomic E-state index is 4.81. The topological polar surface area (TPSA) is 67.1 Å². The Morgan fingerprint density at radius 3 is 2.46 bits per heavy atom. The van der Waals surface area contributed by atoms with E-state index in [1.54, 1.807) is 0 Å². The third-order valence-corrected chi connectivity index (χ3v) is 5.54. The molecule has 1 aliphatic carbocycles. The van der Waals surface area contributed by atoms with Crippen molar-refractivity contribution in [1.29, 1.82) is 0 Å². The molecule has 1 saturated carbocycles. The van der Waals surface area contributed by atoms with Gasteiger partial charge in [-0.25, -0.2) is 4.99 Å². The second-order valence-electron chi connectivity index (χ2n) is 8.31. The highest BCUT2D eigenvalue weighted by Gasteiger charge is 2.27. The molecule has 154 valence electrons. The largest absolute Gasteiger partial charge is 0.354 e. The van der Waals surface area contributed by atoms with Crippen molar-refractivity contribution < 1.29 is 0 Å². The van der Waals surface area contributed by atoms with Gasteiger partial charge in [-0.05, 0) is 43.6 Å². The average molecular weight is 496 g/mol. The lowest BCUT2D eigenvalue weighted by atomic mass is 9.75. The first-order valence-corrected chi connectivity index (χ1v) is 9.87. The number of hydrogen-bond acceptors (Lipinski definition) is 3. The number of aryl methyl sites for hydroxylation is 1. The van der Waals surface area contributed by atoms with Crippen LogP contribution in [0, 0.1) is 12.3 Å². The summed E-state index contributed by atoms with van der Waals surface area (Å²) in [5, 5.41) is 15.5. The number of guanidine groups is 1. The number of halogens is 1. The molecule has 6 nitrogen and oxygen atoms in total. The van der Waals surface area contributed by atoms with Gasteiger partial charge in [-0.3, -0.25) is 0 Å². The summed E-state index contributed by atoms with van der Waals surface area (Å²) < 4.78 is 2.00. The molecule has 0 saturated heterocycles. The van der Waals surface area contributed by atoms with Gasteiger partial charge in [0.05, 0.1) is 13.1 Å². The monoisotopic (exact) mass is 496 g/mol. The summed E-state index contributed by atoms with van der Waals surface area (Å²) >= 11 is 0. The molecule has 1 aromatic carbocycles. The Labute approximate surface area is 185 Å². The predicted molar refractivity (Wildman–Crippen MR) is 125 cm³/mol. The summed E-state index contributed by atoms with van der Waals surface area (Å²) in [6.45, 7) is 7.95. The molecular formula is C21H33IN6. The number of nitrogens with zero attached hydrogens (tertiary/aromatic N) is 4. The van der Waals surface area contributed by atoms with Gasteiger partial charge in [0.15, 0.2) is 11.8 Å². The van der Waals surface area contributed by atoms with Crippen LogP contribution in [0.15, 0.2) is 35.3 Å². The number of benzene rings is 1. The van der Waals surface area contributed by atoms with Gasteiger partial charge in [0.2, 0.25) is 0 Å². The van der Waals surface area contributed by atoms with E-state index in [2.05, 4.69) is 58.9 Å². The predicted octanol–water partition coefficient (Wildman–Crippen LogP) is 3.95. The first kappa shape index (κ1) is 22.6. The van der Waals surface area contributed by atoms with Crippen molar-refractivity contribution in [1.82, 2.24) is 25.4 Å². The molecule has 28 heavy (non-hydrogen) atoms. The van der Waals surface area contributed by atoms with Crippen LogP contribution >= 0.6 is 24.0 Å². The van der Waals surface area contributed by atoms with Gasteiger partial charge in [0, 0.05) is 13.1 Å². The van der Waals surface area contributed by atoms with Gasteiger partial charge in [-0.2, -0.15) is 0 Å². The fraction of sp³-hybridized carbons (Fsp3) is 0.571. The third-order valence-electron chi connectivity index (χ3n) is 5.54. The van der Waals surface area contributed by atoms with Crippen LogP contribution in [0.3, 0.4) is 0 Å². The Morgan fingerprint density at radius 2 is 1.86 bits per heavy atom. The maximum Gasteiger partial charge on any atom is 0.192 e. The molecule has 3 rings (SSSR count). The lowest BCUT2D eigenvalue weighted by molar-refractivity contribution is 0.216. The lowest BCUT2D eigenvalue weighted by Gasteiger charge is -2.35. The zero-order valence-electron chi connectivity index (χ0n) is 17.4. The summed E-state index contributed by atoms with van der Waals surface area (Å²) in [6, 6.07) is 10.8. The van der Waals surface area contributed by atoms with Crippen molar-refractivity contribution in [2.75, 3.05) is 0 Å². The SMILES string of the molecule is Cc1nnc(CNC(=NCc2ccccc2)NC2CCC(C)(C)CC2)n1C.I. The van der Waals surface area contributed by atoms with E-state index in [9.17, 15) is 0 Å². The smallest absolute Gasteiger partial charge is 0.192 e. The van der Waals surface area contributed by atoms with E-state index in [0.29, 0.717) is 24.5 Å². The fourth-order valence-electron chi connectivity index (χ4n) is 3.41. The van der Waals surface area contributed by atoms with Gasteiger partial charge in [0.1, 0.15) is 5.82 Å². The molecule has 0 bridgehead atoms. The van der Waals surface area contributed by atoms with E-state index in [0.717, 1.165) is 17.6 Å². The van der Waals surface area contributed by atoms with Crippen LogP contribution in [0.2, 0.25) is 0 Å². The number of nitrogens with one attached hydrogen (secondary N) is 2. The highest BCUT2D eigenvalue weighted by atomic mass is 127. The van der Waals surface area contributed by atoms with E-state index < -0.39 is 0 Å². The summed E-state index contributed by atoms with van der Waals surface area (Å²) in [4.78, 5) is 4.81. The molecule has 1 heterocycles. The Bertz CT molecular complexity index is 758. The number of aromatic nitrogens is 3. The summed E-state index contributed by atoms with van der Waals surface area (Å²) in [7, 11) is 1.99. The Hall–Kier alpha value is -1.64. The molecule has 0 amide bonds. The third kappa shape index (κ3) is 6.46. The van der Waals surface area contributed by atoms with Crippen molar-refractivity contribution in [2.45, 2.75) is 65.6 Å². The molecule has 2 N–H and O–H groups in total. The molecule has 1 fully saturated rings. The van der Waals surface area contributed by atoms with Crippen LogP contribution in [-0.4, -0.2) is 26.8 Å². The van der Waals surface area contributed by atoms with E-state index in [-0.39, 0.29) is 24.0 Å². The minimum atomic E-state index is 0. The van der Waals surface area contributed by atoms with E-state index in [1.807, 2.05) is 24.6 Å². The molecule has 0 aliphatic heterocycles. The summed E-state index contributed by atoms with van der Waals surface area (Å²) in [5.41, 5.74) is 1.67. The normalized spacial score (nSPS) is 17.1. The van der Waals surface area contributed by atoms with E-state index in [1.165, 1.54) is 31.2 Å². The van der Waals surface area contributed by atoms with Crippen LogP contribution < -0.4 is 10.6 Å². The molecule has 0 radical (unpaired) electrons. The molecule has 0 atom stereocenters. The summed E-state index contributed by atoms with van der Waals surface area (Å²) in [5.74, 6) is 2.67. The van der Waals surface area contributed by atoms with Crippen molar-refractivity contribution >= 4 is 29.9 Å². The molecular weight excluding hydrogens is 463 g/mol. The minimum absolute atomic E-state index is 0. The Kier molecular flexibility index (Phi) is 8.27. The molecule has 0 unspecified atom stereocenters.